The SMILES string of the molecule is Cc1ccc(S(=O)(=O)O)cc1N=c1ccc2c(-c3ccccc3C(=O)O)c3ccc(Nc4ccccc4C)cc3oc-2c1. The summed E-state index contributed by atoms with van der Waals surface area (Å²) in [7, 11) is -4.40. The fraction of sp³-hybridized carbons (Fsp3) is 0.0588. The van der Waals surface area contributed by atoms with Crippen LogP contribution < -0.4 is 10.7 Å². The summed E-state index contributed by atoms with van der Waals surface area (Å²) in [5, 5.41) is 14.7. The zero-order chi connectivity index (χ0) is 30.3. The molecule has 0 aromatic heterocycles. The minimum Gasteiger partial charge on any atom is -0.478 e. The summed E-state index contributed by atoms with van der Waals surface area (Å²) in [4.78, 5) is 16.6. The zero-order valence-corrected chi connectivity index (χ0v) is 24.0. The van der Waals surface area contributed by atoms with E-state index in [0.29, 0.717) is 44.6 Å². The summed E-state index contributed by atoms with van der Waals surface area (Å²) in [5.74, 6) is -0.586. The number of nitrogens with zero attached hydrogens (tertiary/aromatic N) is 1. The number of aryl methyl sites for hydroxylation is 2. The first-order valence-electron chi connectivity index (χ1n) is 13.4. The van der Waals surface area contributed by atoms with Gasteiger partial charge in [-0.1, -0.05) is 42.5 Å². The Morgan fingerprint density at radius 2 is 1.58 bits per heavy atom. The van der Waals surface area contributed by atoms with Gasteiger partial charge in [0.2, 0.25) is 0 Å². The third kappa shape index (κ3) is 5.51. The number of rotatable bonds is 6. The van der Waals surface area contributed by atoms with E-state index < -0.39 is 16.1 Å². The van der Waals surface area contributed by atoms with E-state index in [1.54, 1.807) is 49.4 Å². The third-order valence-corrected chi connectivity index (χ3v) is 8.13. The van der Waals surface area contributed by atoms with Crippen molar-refractivity contribution in [1.29, 1.82) is 0 Å². The van der Waals surface area contributed by atoms with E-state index in [1.807, 2.05) is 55.5 Å². The first-order chi connectivity index (χ1) is 20.6. The van der Waals surface area contributed by atoms with Crippen LogP contribution >= 0.6 is 0 Å². The van der Waals surface area contributed by atoms with Gasteiger partial charge in [-0.3, -0.25) is 4.55 Å². The second-order valence-electron chi connectivity index (χ2n) is 10.2. The fourth-order valence-electron chi connectivity index (χ4n) is 5.08. The summed E-state index contributed by atoms with van der Waals surface area (Å²) in [6.45, 7) is 3.80. The van der Waals surface area contributed by atoms with Crippen LogP contribution in [0.25, 0.3) is 33.4 Å². The molecule has 0 saturated heterocycles. The van der Waals surface area contributed by atoms with Crippen LogP contribution in [-0.2, 0) is 10.1 Å². The number of nitrogens with one attached hydrogen (secondary N) is 1. The molecule has 43 heavy (non-hydrogen) atoms. The second kappa shape index (κ2) is 10.9. The predicted octanol–water partition coefficient (Wildman–Crippen LogP) is 7.74. The highest BCUT2D eigenvalue weighted by Gasteiger charge is 2.21. The molecule has 0 bridgehead atoms. The van der Waals surface area contributed by atoms with E-state index in [0.717, 1.165) is 22.3 Å². The summed E-state index contributed by atoms with van der Waals surface area (Å²) in [5.41, 5.74) is 6.52. The Kier molecular flexibility index (Phi) is 7.05. The molecule has 0 saturated carbocycles. The molecule has 0 unspecified atom stereocenters. The first-order valence-corrected chi connectivity index (χ1v) is 14.8. The summed E-state index contributed by atoms with van der Waals surface area (Å²) in [6, 6.07) is 30.0. The lowest BCUT2D eigenvalue weighted by Crippen LogP contribution is -2.05. The van der Waals surface area contributed by atoms with Crippen LogP contribution in [-0.4, -0.2) is 24.0 Å². The van der Waals surface area contributed by atoms with Crippen LogP contribution in [0.15, 0.2) is 117 Å². The van der Waals surface area contributed by atoms with Gasteiger partial charge in [0.25, 0.3) is 10.1 Å². The van der Waals surface area contributed by atoms with Crippen LogP contribution in [0.5, 0.6) is 0 Å². The lowest BCUT2D eigenvalue weighted by atomic mass is 9.90. The number of carboxylic acids is 1. The number of carboxylic acid groups (broad SMARTS) is 1. The molecule has 3 N–H and O–H groups in total. The van der Waals surface area contributed by atoms with Crippen LogP contribution in [0.1, 0.15) is 21.5 Å². The van der Waals surface area contributed by atoms with Crippen LogP contribution in [0.4, 0.5) is 17.1 Å². The van der Waals surface area contributed by atoms with Gasteiger partial charge in [0, 0.05) is 40.0 Å². The maximum atomic E-state index is 12.2. The number of benzene rings is 5. The molecular formula is C34H26N2O6S. The van der Waals surface area contributed by atoms with Gasteiger partial charge >= 0.3 is 5.97 Å². The molecular weight excluding hydrogens is 564 g/mol. The van der Waals surface area contributed by atoms with Crippen molar-refractivity contribution in [2.24, 2.45) is 4.99 Å². The molecule has 8 nitrogen and oxygen atoms in total. The van der Waals surface area contributed by atoms with Gasteiger partial charge in [0.15, 0.2) is 0 Å². The Bertz CT molecular complexity index is 2200. The Labute approximate surface area is 247 Å². The fourth-order valence-corrected chi connectivity index (χ4v) is 5.58. The van der Waals surface area contributed by atoms with Crippen LogP contribution in [0, 0.1) is 13.8 Å². The Balaban J connectivity index is 1.60. The Morgan fingerprint density at radius 1 is 0.814 bits per heavy atom. The lowest BCUT2D eigenvalue weighted by molar-refractivity contribution is 0.0697. The quantitative estimate of drug-likeness (QED) is 0.134. The molecule has 0 spiro atoms. The molecule has 0 fully saturated rings. The molecule has 2 aliphatic rings. The Hall–Kier alpha value is -5.25. The zero-order valence-electron chi connectivity index (χ0n) is 23.2. The van der Waals surface area contributed by atoms with E-state index >= 15 is 0 Å². The molecule has 6 rings (SSSR count). The number of aromatic carboxylic acids is 1. The number of anilines is 2. The third-order valence-electron chi connectivity index (χ3n) is 7.28. The average Bonchev–Trinajstić information content (AvgIpc) is 2.97. The van der Waals surface area contributed by atoms with Crippen molar-refractivity contribution in [3.8, 4) is 22.5 Å². The van der Waals surface area contributed by atoms with Crippen molar-refractivity contribution in [1.82, 2.24) is 0 Å². The maximum absolute atomic E-state index is 12.2. The number of fused-ring (bicyclic) bond motifs is 2. The molecule has 0 radical (unpaired) electrons. The minimum atomic E-state index is -4.40. The maximum Gasteiger partial charge on any atom is 0.336 e. The predicted molar refractivity (Wildman–Crippen MR) is 166 cm³/mol. The van der Waals surface area contributed by atoms with Crippen molar-refractivity contribution in [3.05, 3.63) is 125 Å². The van der Waals surface area contributed by atoms with Gasteiger partial charge in [0.05, 0.1) is 21.5 Å². The van der Waals surface area contributed by atoms with E-state index in [-0.39, 0.29) is 10.5 Å². The van der Waals surface area contributed by atoms with Gasteiger partial charge in [-0.25, -0.2) is 9.79 Å². The topological polar surface area (TPSA) is 129 Å². The lowest BCUT2D eigenvalue weighted by Gasteiger charge is -2.18. The second-order valence-corrected chi connectivity index (χ2v) is 11.6. The first kappa shape index (κ1) is 27.9. The van der Waals surface area contributed by atoms with Crippen molar-refractivity contribution >= 4 is 44.1 Å². The molecule has 4 aromatic rings. The monoisotopic (exact) mass is 590 g/mol. The Morgan fingerprint density at radius 3 is 2.35 bits per heavy atom. The smallest absolute Gasteiger partial charge is 0.336 e. The van der Waals surface area contributed by atoms with Crippen molar-refractivity contribution < 1.29 is 27.3 Å². The standard InChI is InChI=1S/C34H26N2O6S/c1-20-7-3-6-10-29(20)35-22-12-15-27-31(17-22)42-32-18-23(36-30-19-24(43(39,40)41)14-11-21(30)2)13-16-28(32)33(27)25-8-4-5-9-26(25)34(37)38/h3-19,35H,1-2H3,(H,37,38)(H,39,40,41). The van der Waals surface area contributed by atoms with E-state index in [9.17, 15) is 22.9 Å². The largest absolute Gasteiger partial charge is 0.478 e. The van der Waals surface area contributed by atoms with Gasteiger partial charge in [-0.2, -0.15) is 8.42 Å². The molecule has 1 aliphatic heterocycles. The number of para-hydroxylation sites is 1. The molecule has 214 valence electrons. The highest BCUT2D eigenvalue weighted by molar-refractivity contribution is 7.85. The van der Waals surface area contributed by atoms with Crippen molar-refractivity contribution in [2.75, 3.05) is 5.32 Å². The van der Waals surface area contributed by atoms with Crippen LogP contribution in [0.2, 0.25) is 0 Å². The van der Waals surface area contributed by atoms with E-state index in [2.05, 4.69) is 10.3 Å². The molecule has 4 aromatic carbocycles. The normalized spacial score (nSPS) is 12.1. The molecule has 1 aliphatic carbocycles. The van der Waals surface area contributed by atoms with Crippen molar-refractivity contribution in [2.45, 2.75) is 18.7 Å². The highest BCUT2D eigenvalue weighted by Crippen LogP contribution is 2.42. The minimum absolute atomic E-state index is 0.157. The molecule has 0 amide bonds. The molecule has 1 heterocycles. The molecule has 0 atom stereocenters. The highest BCUT2D eigenvalue weighted by atomic mass is 32.2. The van der Waals surface area contributed by atoms with E-state index in [4.69, 9.17) is 4.42 Å². The summed E-state index contributed by atoms with van der Waals surface area (Å²) < 4.78 is 39.4. The average molecular weight is 591 g/mol. The van der Waals surface area contributed by atoms with Crippen LogP contribution in [0.3, 0.4) is 0 Å². The van der Waals surface area contributed by atoms with Gasteiger partial charge < -0.3 is 14.8 Å². The summed E-state index contributed by atoms with van der Waals surface area (Å²) >= 11 is 0. The van der Waals surface area contributed by atoms with E-state index in [1.165, 1.54) is 12.1 Å². The summed E-state index contributed by atoms with van der Waals surface area (Å²) in [6.07, 6.45) is 0. The van der Waals surface area contributed by atoms with Gasteiger partial charge in [-0.15, -0.1) is 0 Å². The number of hydrogen-bond donors (Lipinski definition) is 3. The van der Waals surface area contributed by atoms with Crippen molar-refractivity contribution in [3.63, 3.8) is 0 Å². The van der Waals surface area contributed by atoms with Gasteiger partial charge in [-0.05, 0) is 79.1 Å². The molecule has 9 heteroatoms. The number of hydrogen-bond acceptors (Lipinski definition) is 6. The number of carbonyl (C=O) groups is 1. The van der Waals surface area contributed by atoms with Gasteiger partial charge in [0.1, 0.15) is 11.3 Å².